The highest BCUT2D eigenvalue weighted by Gasteiger charge is 2.11. The minimum Gasteiger partial charge on any atom is -0.398 e. The Kier molecular flexibility index (Phi) is 4.77. The minimum atomic E-state index is -0.420. The normalized spacial score (nSPS) is 10.8. The van der Waals surface area contributed by atoms with E-state index in [4.69, 9.17) is 17.3 Å². The first kappa shape index (κ1) is 15.3. The highest BCUT2D eigenvalue weighted by molar-refractivity contribution is 6.31. The molecule has 0 bridgehead atoms. The average Bonchev–Trinajstić information content (AvgIpc) is 2.43. The smallest absolute Gasteiger partial charge is 0.269 e. The summed E-state index contributed by atoms with van der Waals surface area (Å²) >= 11 is 6.13. The van der Waals surface area contributed by atoms with E-state index in [1.807, 2.05) is 36.2 Å². The van der Waals surface area contributed by atoms with Gasteiger partial charge in [-0.15, -0.1) is 0 Å². The molecule has 0 aliphatic carbocycles. The molecule has 0 aromatic heterocycles. The molecule has 110 valence electrons. The lowest BCUT2D eigenvalue weighted by atomic mass is 10.1. The number of rotatable bonds is 5. The molecule has 0 unspecified atom stereocenters. The number of non-ortho nitro benzene ring substituents is 1. The summed E-state index contributed by atoms with van der Waals surface area (Å²) in [4.78, 5) is 12.4. The molecule has 6 heteroatoms. The molecule has 2 N–H and O–H groups in total. The first-order valence-electron chi connectivity index (χ1n) is 6.42. The fraction of sp³-hybridized carbons (Fsp3) is 0.200. The fourth-order valence-electron chi connectivity index (χ4n) is 2.11. The Bertz CT molecular complexity index is 661. The van der Waals surface area contributed by atoms with Crippen LogP contribution >= 0.6 is 11.6 Å². The van der Waals surface area contributed by atoms with Crippen LogP contribution in [0.15, 0.2) is 42.5 Å². The van der Waals surface area contributed by atoms with Gasteiger partial charge in [0.25, 0.3) is 5.69 Å². The number of hydrogen-bond donors (Lipinski definition) is 1. The van der Waals surface area contributed by atoms with Gasteiger partial charge in [0.2, 0.25) is 0 Å². The van der Waals surface area contributed by atoms with Crippen molar-refractivity contribution < 1.29 is 4.92 Å². The lowest BCUT2D eigenvalue weighted by Crippen LogP contribution is -2.18. The zero-order valence-corrected chi connectivity index (χ0v) is 12.4. The summed E-state index contributed by atoms with van der Waals surface area (Å²) in [6, 6.07) is 12.1. The van der Waals surface area contributed by atoms with Crippen molar-refractivity contribution in [1.82, 2.24) is 4.90 Å². The third-order valence-electron chi connectivity index (χ3n) is 3.18. The van der Waals surface area contributed by atoms with Crippen molar-refractivity contribution in [3.05, 3.63) is 68.7 Å². The number of nitrogens with two attached hydrogens (primary N) is 1. The van der Waals surface area contributed by atoms with E-state index >= 15 is 0 Å². The molecule has 0 fully saturated rings. The van der Waals surface area contributed by atoms with Gasteiger partial charge in [-0.05, 0) is 30.3 Å². The molecular formula is C15H16ClN3O2. The van der Waals surface area contributed by atoms with Gasteiger partial charge in [0, 0.05) is 35.9 Å². The Labute approximate surface area is 128 Å². The van der Waals surface area contributed by atoms with Crippen molar-refractivity contribution in [2.45, 2.75) is 13.1 Å². The minimum absolute atomic E-state index is 0.0466. The quantitative estimate of drug-likeness (QED) is 0.521. The molecule has 5 nitrogen and oxygen atoms in total. The molecule has 0 heterocycles. The summed E-state index contributed by atoms with van der Waals surface area (Å²) in [5, 5.41) is 11.5. The summed E-state index contributed by atoms with van der Waals surface area (Å²) < 4.78 is 0. The van der Waals surface area contributed by atoms with Crippen molar-refractivity contribution in [2.24, 2.45) is 0 Å². The number of nitrogens with zero attached hydrogens (tertiary/aromatic N) is 2. The van der Waals surface area contributed by atoms with Crippen LogP contribution in [0, 0.1) is 10.1 Å². The largest absolute Gasteiger partial charge is 0.398 e. The van der Waals surface area contributed by atoms with Crippen LogP contribution in [0.1, 0.15) is 11.1 Å². The topological polar surface area (TPSA) is 72.4 Å². The molecule has 0 spiro atoms. The van der Waals surface area contributed by atoms with E-state index in [2.05, 4.69) is 0 Å². The maximum absolute atomic E-state index is 10.8. The molecule has 0 atom stereocenters. The van der Waals surface area contributed by atoms with Gasteiger partial charge in [-0.2, -0.15) is 0 Å². The lowest BCUT2D eigenvalue weighted by molar-refractivity contribution is -0.384. The van der Waals surface area contributed by atoms with Gasteiger partial charge in [0.15, 0.2) is 0 Å². The molecule has 0 amide bonds. The SMILES string of the molecule is CN(Cc1cc([N+](=O)[O-])ccc1N)Cc1ccccc1Cl. The summed E-state index contributed by atoms with van der Waals surface area (Å²) in [5.41, 5.74) is 8.22. The Balaban J connectivity index is 2.12. The van der Waals surface area contributed by atoms with Crippen LogP contribution in [0.25, 0.3) is 0 Å². The predicted octanol–water partition coefficient (Wildman–Crippen LogP) is 3.46. The molecular weight excluding hydrogens is 290 g/mol. The van der Waals surface area contributed by atoms with E-state index in [1.54, 1.807) is 6.07 Å². The molecule has 2 aromatic rings. The number of anilines is 1. The van der Waals surface area contributed by atoms with Crippen molar-refractivity contribution in [3.8, 4) is 0 Å². The predicted molar refractivity (Wildman–Crippen MR) is 84.1 cm³/mol. The van der Waals surface area contributed by atoms with Crippen LogP contribution in [0.2, 0.25) is 5.02 Å². The number of nitro benzene ring substituents is 1. The zero-order valence-electron chi connectivity index (χ0n) is 11.6. The van der Waals surface area contributed by atoms with E-state index in [0.717, 1.165) is 11.1 Å². The molecule has 2 aromatic carbocycles. The van der Waals surface area contributed by atoms with Crippen LogP contribution in [0.5, 0.6) is 0 Å². The number of benzene rings is 2. The Morgan fingerprint density at radius 2 is 1.86 bits per heavy atom. The van der Waals surface area contributed by atoms with Gasteiger partial charge >= 0.3 is 0 Å². The summed E-state index contributed by atoms with van der Waals surface area (Å²) in [6.45, 7) is 1.15. The molecule has 0 saturated heterocycles. The van der Waals surface area contributed by atoms with E-state index in [-0.39, 0.29) is 5.69 Å². The molecule has 0 aliphatic heterocycles. The van der Waals surface area contributed by atoms with E-state index < -0.39 is 4.92 Å². The molecule has 0 saturated carbocycles. The van der Waals surface area contributed by atoms with E-state index in [9.17, 15) is 10.1 Å². The second-order valence-corrected chi connectivity index (χ2v) is 5.31. The van der Waals surface area contributed by atoms with Crippen LogP contribution in [-0.4, -0.2) is 16.9 Å². The zero-order chi connectivity index (χ0) is 15.4. The van der Waals surface area contributed by atoms with Crippen LogP contribution in [0.4, 0.5) is 11.4 Å². The Hall–Kier alpha value is -2.11. The number of hydrogen-bond acceptors (Lipinski definition) is 4. The molecule has 2 rings (SSSR count). The van der Waals surface area contributed by atoms with Crippen LogP contribution < -0.4 is 5.73 Å². The van der Waals surface area contributed by atoms with Gasteiger partial charge < -0.3 is 5.73 Å². The maximum Gasteiger partial charge on any atom is 0.269 e. The van der Waals surface area contributed by atoms with Crippen molar-refractivity contribution in [1.29, 1.82) is 0 Å². The first-order valence-corrected chi connectivity index (χ1v) is 6.80. The molecule has 0 radical (unpaired) electrons. The number of nitrogen functional groups attached to an aromatic ring is 1. The number of halogens is 1. The Morgan fingerprint density at radius 1 is 1.19 bits per heavy atom. The summed E-state index contributed by atoms with van der Waals surface area (Å²) in [6.07, 6.45) is 0. The monoisotopic (exact) mass is 305 g/mol. The standard InChI is InChI=1S/C15H16ClN3O2/c1-18(9-11-4-2-3-5-14(11)16)10-12-8-13(19(20)21)6-7-15(12)17/h2-8H,9-10,17H2,1H3. The average molecular weight is 306 g/mol. The third kappa shape index (κ3) is 3.93. The highest BCUT2D eigenvalue weighted by Crippen LogP contribution is 2.22. The third-order valence-corrected chi connectivity index (χ3v) is 3.54. The van der Waals surface area contributed by atoms with Gasteiger partial charge in [0.05, 0.1) is 4.92 Å². The maximum atomic E-state index is 10.8. The number of nitro groups is 1. The second-order valence-electron chi connectivity index (χ2n) is 4.90. The van der Waals surface area contributed by atoms with Gasteiger partial charge in [0.1, 0.15) is 0 Å². The van der Waals surface area contributed by atoms with Gasteiger partial charge in [-0.3, -0.25) is 15.0 Å². The van der Waals surface area contributed by atoms with E-state index in [1.165, 1.54) is 12.1 Å². The second kappa shape index (κ2) is 6.56. The lowest BCUT2D eigenvalue weighted by Gasteiger charge is -2.18. The van der Waals surface area contributed by atoms with Crippen molar-refractivity contribution in [2.75, 3.05) is 12.8 Å². The molecule has 0 aliphatic rings. The van der Waals surface area contributed by atoms with E-state index in [0.29, 0.717) is 23.8 Å². The molecule has 21 heavy (non-hydrogen) atoms. The van der Waals surface area contributed by atoms with Gasteiger partial charge in [-0.25, -0.2) is 0 Å². The van der Waals surface area contributed by atoms with Crippen LogP contribution in [-0.2, 0) is 13.1 Å². The van der Waals surface area contributed by atoms with Crippen LogP contribution in [0.3, 0.4) is 0 Å². The van der Waals surface area contributed by atoms with Crippen molar-refractivity contribution >= 4 is 23.0 Å². The van der Waals surface area contributed by atoms with Crippen molar-refractivity contribution in [3.63, 3.8) is 0 Å². The Morgan fingerprint density at radius 3 is 2.52 bits per heavy atom. The van der Waals surface area contributed by atoms with Gasteiger partial charge in [-0.1, -0.05) is 29.8 Å². The summed E-state index contributed by atoms with van der Waals surface area (Å²) in [7, 11) is 1.92. The fourth-order valence-corrected chi connectivity index (χ4v) is 2.30. The summed E-state index contributed by atoms with van der Waals surface area (Å²) in [5.74, 6) is 0. The first-order chi connectivity index (χ1) is 9.97. The highest BCUT2D eigenvalue weighted by atomic mass is 35.5.